The molecule has 0 aliphatic carbocycles. The van der Waals surface area contributed by atoms with Crippen molar-refractivity contribution in [3.05, 3.63) is 0 Å². The van der Waals surface area contributed by atoms with E-state index < -0.39 is 29.6 Å². The summed E-state index contributed by atoms with van der Waals surface area (Å²) in [5.41, 5.74) is 2.25. The van der Waals surface area contributed by atoms with Gasteiger partial charge in [-0.2, -0.15) is 13.2 Å². The third-order valence-electron chi connectivity index (χ3n) is 3.90. The number of nitrogens with one attached hydrogen (secondary N) is 1. The lowest BCUT2D eigenvalue weighted by molar-refractivity contribution is -0.195. The zero-order chi connectivity index (χ0) is 14.4. The van der Waals surface area contributed by atoms with E-state index in [1.807, 2.05) is 0 Å². The van der Waals surface area contributed by atoms with Gasteiger partial charge in [-0.05, 0) is 19.8 Å². The molecule has 0 aromatic carbocycles. The Morgan fingerprint density at radius 2 is 2.11 bits per heavy atom. The lowest BCUT2D eigenvalue weighted by atomic mass is 9.89. The fourth-order valence-electron chi connectivity index (χ4n) is 2.62. The third kappa shape index (κ3) is 2.18. The predicted molar refractivity (Wildman–Crippen MR) is 59.9 cm³/mol. The Balaban J connectivity index is 2.22. The first-order chi connectivity index (χ1) is 8.66. The van der Waals surface area contributed by atoms with E-state index in [0.717, 1.165) is 4.90 Å². The molecule has 19 heavy (non-hydrogen) atoms. The van der Waals surface area contributed by atoms with Crippen molar-refractivity contribution in [1.29, 1.82) is 0 Å². The van der Waals surface area contributed by atoms with Gasteiger partial charge in [-0.25, -0.2) is 0 Å². The van der Waals surface area contributed by atoms with Gasteiger partial charge in [0.05, 0.1) is 12.0 Å². The minimum atomic E-state index is -4.81. The number of amides is 2. The molecule has 2 heterocycles. The maximum atomic E-state index is 12.8. The molecule has 0 bridgehead atoms. The molecule has 2 amide bonds. The van der Waals surface area contributed by atoms with Crippen LogP contribution in [0.2, 0.25) is 0 Å². The molecular formula is C11H16F3N3O2. The Labute approximate surface area is 108 Å². The Morgan fingerprint density at radius 1 is 1.47 bits per heavy atom. The molecule has 2 fully saturated rings. The largest absolute Gasteiger partial charge is 0.415 e. The van der Waals surface area contributed by atoms with Crippen LogP contribution in [0.4, 0.5) is 13.2 Å². The number of halogens is 3. The zero-order valence-corrected chi connectivity index (χ0v) is 10.5. The monoisotopic (exact) mass is 279 g/mol. The maximum absolute atomic E-state index is 12.8. The molecule has 2 aliphatic rings. The fraction of sp³-hybridized carbons (Fsp3) is 0.818. The van der Waals surface area contributed by atoms with Crippen molar-refractivity contribution in [3.63, 3.8) is 0 Å². The highest BCUT2D eigenvalue weighted by molar-refractivity contribution is 5.89. The number of alkyl halides is 3. The third-order valence-corrected chi connectivity index (χ3v) is 3.90. The molecule has 3 atom stereocenters. The van der Waals surface area contributed by atoms with E-state index in [1.54, 1.807) is 0 Å². The molecule has 0 saturated carbocycles. The molecule has 3 N–H and O–H groups in total. The van der Waals surface area contributed by atoms with Gasteiger partial charge < -0.3 is 16.0 Å². The molecule has 0 radical (unpaired) electrons. The van der Waals surface area contributed by atoms with Gasteiger partial charge in [0, 0.05) is 13.1 Å². The summed E-state index contributed by atoms with van der Waals surface area (Å²) >= 11 is 0. The molecule has 2 aliphatic heterocycles. The molecule has 3 unspecified atom stereocenters. The van der Waals surface area contributed by atoms with Gasteiger partial charge in [0.1, 0.15) is 0 Å². The topological polar surface area (TPSA) is 75.4 Å². The van der Waals surface area contributed by atoms with Gasteiger partial charge >= 0.3 is 6.18 Å². The van der Waals surface area contributed by atoms with Crippen molar-refractivity contribution >= 4 is 11.8 Å². The first-order valence-corrected chi connectivity index (χ1v) is 6.10. The molecular weight excluding hydrogens is 263 g/mol. The van der Waals surface area contributed by atoms with Crippen LogP contribution in [0.25, 0.3) is 0 Å². The first-order valence-electron chi connectivity index (χ1n) is 6.10. The number of carbonyl (C=O) groups excluding carboxylic acids is 2. The Kier molecular flexibility index (Phi) is 3.24. The Morgan fingerprint density at radius 3 is 2.68 bits per heavy atom. The molecule has 0 aromatic heterocycles. The number of piperidine rings is 1. The number of likely N-dealkylation sites (tertiary alicyclic amines) is 1. The molecule has 2 rings (SSSR count). The van der Waals surface area contributed by atoms with Crippen molar-refractivity contribution in [2.45, 2.75) is 37.5 Å². The molecule has 2 saturated heterocycles. The highest BCUT2D eigenvalue weighted by atomic mass is 19.4. The SMILES string of the molecule is CC(N)(C(=O)N1CCCC2C(=O)NCC21)C(F)(F)F. The smallest absolute Gasteiger partial charge is 0.354 e. The van der Waals surface area contributed by atoms with Crippen molar-refractivity contribution in [2.75, 3.05) is 13.1 Å². The van der Waals surface area contributed by atoms with E-state index in [9.17, 15) is 22.8 Å². The second-order valence-electron chi connectivity index (χ2n) is 5.26. The number of hydrogen-bond donors (Lipinski definition) is 2. The summed E-state index contributed by atoms with van der Waals surface area (Å²) in [6, 6.07) is -0.515. The standard InChI is InChI=1S/C11H16F3N3O2/c1-10(15,11(12,13)14)9(19)17-4-2-3-6-7(17)5-16-8(6)18/h6-7H,2-5,15H2,1H3,(H,16,18). The summed E-state index contributed by atoms with van der Waals surface area (Å²) in [6.45, 7) is 1.07. The van der Waals surface area contributed by atoms with Crippen LogP contribution in [-0.2, 0) is 9.59 Å². The van der Waals surface area contributed by atoms with Crippen LogP contribution in [0.15, 0.2) is 0 Å². The zero-order valence-electron chi connectivity index (χ0n) is 10.5. The summed E-state index contributed by atoms with van der Waals surface area (Å²) in [5.74, 6) is -1.78. The van der Waals surface area contributed by atoms with Crippen LogP contribution in [0.1, 0.15) is 19.8 Å². The van der Waals surface area contributed by atoms with Crippen molar-refractivity contribution in [1.82, 2.24) is 10.2 Å². The number of nitrogens with two attached hydrogens (primary N) is 1. The van der Waals surface area contributed by atoms with Gasteiger partial charge in [-0.1, -0.05) is 0 Å². The minimum absolute atomic E-state index is 0.198. The van der Waals surface area contributed by atoms with Crippen molar-refractivity contribution in [2.24, 2.45) is 11.7 Å². The second-order valence-corrected chi connectivity index (χ2v) is 5.26. The van der Waals surface area contributed by atoms with E-state index >= 15 is 0 Å². The summed E-state index contributed by atoms with van der Waals surface area (Å²) < 4.78 is 38.4. The van der Waals surface area contributed by atoms with E-state index in [2.05, 4.69) is 5.32 Å². The lowest BCUT2D eigenvalue weighted by Crippen LogP contribution is -2.65. The second kappa shape index (κ2) is 4.36. The van der Waals surface area contributed by atoms with Crippen LogP contribution < -0.4 is 11.1 Å². The minimum Gasteiger partial charge on any atom is -0.354 e. The molecule has 0 aromatic rings. The number of fused-ring (bicyclic) bond motifs is 1. The summed E-state index contributed by atoms with van der Waals surface area (Å²) in [7, 11) is 0. The number of carbonyl (C=O) groups is 2. The van der Waals surface area contributed by atoms with Gasteiger partial charge in [0.2, 0.25) is 5.91 Å². The number of nitrogens with zero attached hydrogens (tertiary/aromatic N) is 1. The van der Waals surface area contributed by atoms with Crippen LogP contribution >= 0.6 is 0 Å². The molecule has 108 valence electrons. The van der Waals surface area contributed by atoms with Gasteiger partial charge in [-0.3, -0.25) is 9.59 Å². The highest BCUT2D eigenvalue weighted by Crippen LogP contribution is 2.34. The summed E-state index contributed by atoms with van der Waals surface area (Å²) in [6.07, 6.45) is -3.71. The Hall–Kier alpha value is -1.31. The average Bonchev–Trinajstić information content (AvgIpc) is 2.69. The number of rotatable bonds is 1. The Bertz CT molecular complexity index is 408. The highest BCUT2D eigenvalue weighted by Gasteiger charge is 2.57. The van der Waals surface area contributed by atoms with Crippen LogP contribution in [0.5, 0.6) is 0 Å². The van der Waals surface area contributed by atoms with Crippen molar-refractivity contribution in [3.8, 4) is 0 Å². The lowest BCUT2D eigenvalue weighted by Gasteiger charge is -2.40. The first kappa shape index (κ1) is 14.1. The maximum Gasteiger partial charge on any atom is 0.415 e. The average molecular weight is 279 g/mol. The normalized spacial score (nSPS) is 30.6. The molecule has 0 spiro atoms. The number of hydrogen-bond acceptors (Lipinski definition) is 3. The van der Waals surface area contributed by atoms with Crippen LogP contribution in [0, 0.1) is 5.92 Å². The summed E-state index contributed by atoms with van der Waals surface area (Å²) in [5, 5.41) is 2.58. The molecule has 5 nitrogen and oxygen atoms in total. The molecule has 8 heteroatoms. The summed E-state index contributed by atoms with van der Waals surface area (Å²) in [4.78, 5) is 24.7. The fourth-order valence-corrected chi connectivity index (χ4v) is 2.62. The van der Waals surface area contributed by atoms with E-state index in [4.69, 9.17) is 5.73 Å². The van der Waals surface area contributed by atoms with E-state index in [1.165, 1.54) is 0 Å². The quantitative estimate of drug-likeness (QED) is 0.709. The van der Waals surface area contributed by atoms with Crippen molar-refractivity contribution < 1.29 is 22.8 Å². The van der Waals surface area contributed by atoms with E-state index in [0.29, 0.717) is 19.8 Å². The van der Waals surface area contributed by atoms with Crippen LogP contribution in [-0.4, -0.2) is 47.6 Å². The van der Waals surface area contributed by atoms with Crippen LogP contribution in [0.3, 0.4) is 0 Å². The van der Waals surface area contributed by atoms with Gasteiger partial charge in [0.25, 0.3) is 5.91 Å². The van der Waals surface area contributed by atoms with Gasteiger partial charge in [0.15, 0.2) is 5.54 Å². The van der Waals surface area contributed by atoms with E-state index in [-0.39, 0.29) is 19.0 Å². The predicted octanol–water partition coefficient (Wildman–Crippen LogP) is 0.00310. The van der Waals surface area contributed by atoms with Gasteiger partial charge in [-0.15, -0.1) is 0 Å².